The van der Waals surface area contributed by atoms with Crippen LogP contribution in [-0.4, -0.2) is 20.7 Å². The molecule has 3 nitrogen and oxygen atoms in total. The summed E-state index contributed by atoms with van der Waals surface area (Å²) < 4.78 is 35.8. The second-order valence-electron chi connectivity index (χ2n) is 3.46. The zero-order valence-corrected chi connectivity index (χ0v) is 9.35. The zero-order valence-electron chi connectivity index (χ0n) is 8.53. The summed E-state index contributed by atoms with van der Waals surface area (Å²) in [6, 6.07) is 4.31. The van der Waals surface area contributed by atoms with E-state index in [0.29, 0.717) is 11.1 Å². The molecule has 0 amide bonds. The molecule has 0 spiro atoms. The van der Waals surface area contributed by atoms with Crippen LogP contribution in [-0.2, 0) is 15.6 Å². The van der Waals surface area contributed by atoms with E-state index in [0.717, 1.165) is 0 Å². The van der Waals surface area contributed by atoms with Gasteiger partial charge in [0, 0.05) is 6.54 Å². The summed E-state index contributed by atoms with van der Waals surface area (Å²) in [4.78, 5) is 0. The molecule has 0 saturated carbocycles. The zero-order chi connectivity index (χ0) is 11.5. The Morgan fingerprint density at radius 3 is 2.60 bits per heavy atom. The van der Waals surface area contributed by atoms with Gasteiger partial charge in [0.25, 0.3) is 0 Å². The van der Waals surface area contributed by atoms with Crippen molar-refractivity contribution in [2.75, 3.05) is 12.3 Å². The lowest BCUT2D eigenvalue weighted by Gasteiger charge is -2.04. The highest BCUT2D eigenvalue weighted by atomic mass is 32.2. The molecular formula is C10H14FNO2S. The average molecular weight is 231 g/mol. The lowest BCUT2D eigenvalue weighted by Crippen LogP contribution is -2.17. The first kappa shape index (κ1) is 12.1. The van der Waals surface area contributed by atoms with Gasteiger partial charge in [-0.2, -0.15) is 0 Å². The van der Waals surface area contributed by atoms with Gasteiger partial charge in [0.05, 0.1) is 11.5 Å². The van der Waals surface area contributed by atoms with Crippen molar-refractivity contribution in [3.05, 3.63) is 35.1 Å². The molecule has 0 saturated heterocycles. The van der Waals surface area contributed by atoms with Crippen molar-refractivity contribution in [1.29, 1.82) is 0 Å². The van der Waals surface area contributed by atoms with Crippen molar-refractivity contribution in [2.24, 2.45) is 5.73 Å². The van der Waals surface area contributed by atoms with E-state index in [4.69, 9.17) is 5.73 Å². The molecule has 0 atom stereocenters. The van der Waals surface area contributed by atoms with Crippen LogP contribution in [0.2, 0.25) is 0 Å². The number of aryl methyl sites for hydroxylation is 1. The second-order valence-corrected chi connectivity index (χ2v) is 5.65. The monoisotopic (exact) mass is 231 g/mol. The average Bonchev–Trinajstić information content (AvgIpc) is 2.10. The van der Waals surface area contributed by atoms with E-state index >= 15 is 0 Å². The summed E-state index contributed by atoms with van der Waals surface area (Å²) in [5.74, 6) is -0.440. The van der Waals surface area contributed by atoms with Gasteiger partial charge >= 0.3 is 0 Å². The Labute approximate surface area is 89.0 Å². The van der Waals surface area contributed by atoms with Gasteiger partial charge < -0.3 is 5.73 Å². The van der Waals surface area contributed by atoms with Crippen LogP contribution in [0.4, 0.5) is 4.39 Å². The molecule has 1 rings (SSSR count). The lowest BCUT2D eigenvalue weighted by atomic mass is 10.1. The minimum Gasteiger partial charge on any atom is -0.329 e. The maximum Gasteiger partial charge on any atom is 0.155 e. The van der Waals surface area contributed by atoms with E-state index < -0.39 is 9.84 Å². The summed E-state index contributed by atoms with van der Waals surface area (Å²) in [5, 5.41) is 0. The Bertz CT molecular complexity index is 443. The molecular weight excluding hydrogens is 217 g/mol. The summed E-state index contributed by atoms with van der Waals surface area (Å²) in [5.41, 5.74) is 6.24. The normalized spacial score (nSPS) is 11.7. The molecule has 0 heterocycles. The molecule has 15 heavy (non-hydrogen) atoms. The molecule has 0 aromatic heterocycles. The smallest absolute Gasteiger partial charge is 0.155 e. The highest BCUT2D eigenvalue weighted by molar-refractivity contribution is 7.90. The van der Waals surface area contributed by atoms with Gasteiger partial charge in [-0.05, 0) is 24.1 Å². The predicted molar refractivity (Wildman–Crippen MR) is 57.7 cm³/mol. The van der Waals surface area contributed by atoms with Crippen LogP contribution in [0, 0.1) is 12.7 Å². The van der Waals surface area contributed by atoms with E-state index in [-0.39, 0.29) is 23.9 Å². The van der Waals surface area contributed by atoms with Crippen molar-refractivity contribution in [3.8, 4) is 0 Å². The standard InChI is InChI=1S/C10H14FNO2S/c1-8-6-9(2-3-10(8)11)7-15(13,14)5-4-12/h2-3,6H,4-5,7,12H2,1H3. The maximum atomic E-state index is 12.9. The molecule has 0 aliphatic heterocycles. The Balaban J connectivity index is 2.86. The third kappa shape index (κ3) is 3.60. The molecule has 0 fully saturated rings. The first-order chi connectivity index (χ1) is 6.94. The van der Waals surface area contributed by atoms with Gasteiger partial charge in [-0.25, -0.2) is 12.8 Å². The van der Waals surface area contributed by atoms with Crippen LogP contribution >= 0.6 is 0 Å². The highest BCUT2D eigenvalue weighted by Gasteiger charge is 2.11. The topological polar surface area (TPSA) is 60.2 Å². The van der Waals surface area contributed by atoms with Crippen LogP contribution < -0.4 is 5.73 Å². The van der Waals surface area contributed by atoms with Crippen molar-refractivity contribution >= 4 is 9.84 Å². The fourth-order valence-corrected chi connectivity index (χ4v) is 2.49. The molecule has 1 aromatic carbocycles. The number of halogens is 1. The largest absolute Gasteiger partial charge is 0.329 e. The quantitative estimate of drug-likeness (QED) is 0.841. The van der Waals surface area contributed by atoms with Crippen LogP contribution in [0.15, 0.2) is 18.2 Å². The van der Waals surface area contributed by atoms with E-state index in [2.05, 4.69) is 0 Å². The van der Waals surface area contributed by atoms with Gasteiger partial charge in [-0.15, -0.1) is 0 Å². The van der Waals surface area contributed by atoms with Gasteiger partial charge in [0.15, 0.2) is 9.84 Å². The van der Waals surface area contributed by atoms with E-state index in [9.17, 15) is 12.8 Å². The fraction of sp³-hybridized carbons (Fsp3) is 0.400. The van der Waals surface area contributed by atoms with E-state index in [1.54, 1.807) is 13.0 Å². The van der Waals surface area contributed by atoms with Crippen LogP contribution in [0.3, 0.4) is 0 Å². The van der Waals surface area contributed by atoms with Gasteiger partial charge in [-0.1, -0.05) is 12.1 Å². The third-order valence-electron chi connectivity index (χ3n) is 2.04. The maximum absolute atomic E-state index is 12.9. The van der Waals surface area contributed by atoms with Crippen molar-refractivity contribution in [2.45, 2.75) is 12.7 Å². The number of hydrogen-bond acceptors (Lipinski definition) is 3. The molecule has 0 aliphatic carbocycles. The van der Waals surface area contributed by atoms with E-state index in [1.807, 2.05) is 0 Å². The van der Waals surface area contributed by atoms with Crippen LogP contribution in [0.1, 0.15) is 11.1 Å². The molecule has 0 radical (unpaired) electrons. The number of nitrogens with two attached hydrogens (primary N) is 1. The fourth-order valence-electron chi connectivity index (χ4n) is 1.30. The minimum absolute atomic E-state index is 0.0383. The predicted octanol–water partition coefficient (Wildman–Crippen LogP) is 1.01. The SMILES string of the molecule is Cc1cc(CS(=O)(=O)CCN)ccc1F. The van der Waals surface area contributed by atoms with Gasteiger partial charge in [0.1, 0.15) is 5.82 Å². The van der Waals surface area contributed by atoms with Crippen LogP contribution in [0.25, 0.3) is 0 Å². The Morgan fingerprint density at radius 1 is 1.40 bits per heavy atom. The van der Waals surface area contributed by atoms with Crippen molar-refractivity contribution in [1.82, 2.24) is 0 Å². The first-order valence-corrected chi connectivity index (χ1v) is 6.42. The number of benzene rings is 1. The molecule has 0 unspecified atom stereocenters. The molecule has 2 N–H and O–H groups in total. The van der Waals surface area contributed by atoms with Gasteiger partial charge in [-0.3, -0.25) is 0 Å². The summed E-state index contributed by atoms with van der Waals surface area (Å²) >= 11 is 0. The van der Waals surface area contributed by atoms with Crippen LogP contribution in [0.5, 0.6) is 0 Å². The molecule has 5 heteroatoms. The molecule has 84 valence electrons. The molecule has 0 aliphatic rings. The Morgan fingerprint density at radius 2 is 2.07 bits per heavy atom. The van der Waals surface area contributed by atoms with Crippen molar-refractivity contribution in [3.63, 3.8) is 0 Å². The van der Waals surface area contributed by atoms with E-state index in [1.165, 1.54) is 12.1 Å². The summed E-state index contributed by atoms with van der Waals surface area (Å²) in [7, 11) is -3.16. The summed E-state index contributed by atoms with van der Waals surface area (Å²) in [6.07, 6.45) is 0. The number of rotatable bonds is 4. The molecule has 0 bridgehead atoms. The molecule has 1 aromatic rings. The Kier molecular flexibility index (Phi) is 3.82. The first-order valence-electron chi connectivity index (χ1n) is 4.60. The second kappa shape index (κ2) is 4.72. The third-order valence-corrected chi connectivity index (χ3v) is 3.67. The lowest BCUT2D eigenvalue weighted by molar-refractivity contribution is 0.594. The number of hydrogen-bond donors (Lipinski definition) is 1. The highest BCUT2D eigenvalue weighted by Crippen LogP contribution is 2.12. The van der Waals surface area contributed by atoms with Crippen molar-refractivity contribution < 1.29 is 12.8 Å². The minimum atomic E-state index is -3.16. The van der Waals surface area contributed by atoms with Gasteiger partial charge in [0.2, 0.25) is 0 Å². The Hall–Kier alpha value is -0.940. The number of sulfone groups is 1. The summed E-state index contributed by atoms with van der Waals surface area (Å²) in [6.45, 7) is 1.72.